The van der Waals surface area contributed by atoms with Crippen LogP contribution in [0.4, 0.5) is 0 Å². The van der Waals surface area contributed by atoms with Gasteiger partial charge in [0.05, 0.1) is 12.7 Å². The van der Waals surface area contributed by atoms with Crippen molar-refractivity contribution in [3.8, 4) is 0 Å². The van der Waals surface area contributed by atoms with Crippen LogP contribution in [0.1, 0.15) is 32.6 Å². The minimum atomic E-state index is -3.41. The van der Waals surface area contributed by atoms with E-state index in [1.54, 1.807) is 0 Å². The zero-order valence-electron chi connectivity index (χ0n) is 12.0. The standard InChI is InChI=1S/C12H25N3O3S.ClH/c1-10-9-15(6-7-18-10)19(16,17)14-12-5-3-2-4-11(12)8-13;/h10-12,14H,2-9,13H2,1H3;1H. The lowest BCUT2D eigenvalue weighted by molar-refractivity contribution is 0.00951. The molecule has 2 aliphatic rings. The number of nitrogens with two attached hydrogens (primary N) is 1. The van der Waals surface area contributed by atoms with E-state index in [-0.39, 0.29) is 30.5 Å². The van der Waals surface area contributed by atoms with E-state index in [4.69, 9.17) is 10.5 Å². The number of hydrogen-bond donors (Lipinski definition) is 2. The molecule has 6 nitrogen and oxygen atoms in total. The second-order valence-electron chi connectivity index (χ2n) is 5.55. The van der Waals surface area contributed by atoms with Gasteiger partial charge < -0.3 is 10.5 Å². The number of nitrogens with one attached hydrogen (secondary N) is 1. The van der Waals surface area contributed by atoms with Crippen LogP contribution in [0.5, 0.6) is 0 Å². The second-order valence-corrected chi connectivity index (χ2v) is 7.25. The predicted molar refractivity (Wildman–Crippen MR) is 81.1 cm³/mol. The third-order valence-corrected chi connectivity index (χ3v) is 5.67. The van der Waals surface area contributed by atoms with Crippen molar-refractivity contribution in [3.63, 3.8) is 0 Å². The number of morpholine rings is 1. The van der Waals surface area contributed by atoms with Gasteiger partial charge in [0.1, 0.15) is 0 Å². The molecule has 1 heterocycles. The summed E-state index contributed by atoms with van der Waals surface area (Å²) >= 11 is 0. The Kier molecular flexibility index (Phi) is 7.17. The summed E-state index contributed by atoms with van der Waals surface area (Å²) in [7, 11) is -3.41. The van der Waals surface area contributed by atoms with Crippen LogP contribution >= 0.6 is 12.4 Å². The number of halogens is 1. The summed E-state index contributed by atoms with van der Waals surface area (Å²) in [5, 5.41) is 0. The molecule has 0 bridgehead atoms. The SMILES string of the molecule is CC1CN(S(=O)(=O)NC2CCCCC2CN)CCO1.Cl. The van der Waals surface area contributed by atoms with Crippen LogP contribution in [0, 0.1) is 5.92 Å². The van der Waals surface area contributed by atoms with Crippen molar-refractivity contribution in [2.75, 3.05) is 26.2 Å². The fraction of sp³-hybridized carbons (Fsp3) is 1.00. The first-order valence-corrected chi connectivity index (χ1v) is 8.56. The first-order chi connectivity index (χ1) is 9.03. The molecule has 1 saturated carbocycles. The molecule has 1 saturated heterocycles. The molecule has 1 aliphatic carbocycles. The fourth-order valence-corrected chi connectivity index (χ4v) is 4.48. The molecule has 8 heteroatoms. The monoisotopic (exact) mass is 327 g/mol. The van der Waals surface area contributed by atoms with Crippen LogP contribution in [-0.4, -0.2) is 51.1 Å². The van der Waals surface area contributed by atoms with Crippen molar-refractivity contribution in [3.05, 3.63) is 0 Å². The molecule has 0 aromatic heterocycles. The molecular formula is C12H26ClN3O3S. The molecule has 0 aromatic rings. The summed E-state index contributed by atoms with van der Waals surface area (Å²) in [5.41, 5.74) is 5.74. The Bertz CT molecular complexity index is 393. The Labute approximate surface area is 128 Å². The van der Waals surface area contributed by atoms with Crippen molar-refractivity contribution in [2.24, 2.45) is 11.7 Å². The van der Waals surface area contributed by atoms with Crippen LogP contribution in [0.2, 0.25) is 0 Å². The highest BCUT2D eigenvalue weighted by molar-refractivity contribution is 7.87. The van der Waals surface area contributed by atoms with Gasteiger partial charge in [0.2, 0.25) is 0 Å². The smallest absolute Gasteiger partial charge is 0.279 e. The molecule has 0 amide bonds. The molecule has 120 valence electrons. The first-order valence-electron chi connectivity index (χ1n) is 7.12. The van der Waals surface area contributed by atoms with Gasteiger partial charge in [-0.15, -0.1) is 12.4 Å². The van der Waals surface area contributed by atoms with E-state index >= 15 is 0 Å². The van der Waals surface area contributed by atoms with Crippen LogP contribution in [0.25, 0.3) is 0 Å². The second kappa shape index (κ2) is 7.91. The summed E-state index contributed by atoms with van der Waals surface area (Å²) in [5.74, 6) is 0.266. The van der Waals surface area contributed by atoms with Crippen molar-refractivity contribution < 1.29 is 13.2 Å². The lowest BCUT2D eigenvalue weighted by Gasteiger charge is -2.35. The number of nitrogens with zero attached hydrogens (tertiary/aromatic N) is 1. The van der Waals surface area contributed by atoms with E-state index in [9.17, 15) is 8.42 Å². The predicted octanol–water partition coefficient (Wildman–Crippen LogP) is 0.481. The number of hydrogen-bond acceptors (Lipinski definition) is 4. The van der Waals surface area contributed by atoms with Gasteiger partial charge in [0.25, 0.3) is 10.2 Å². The zero-order valence-corrected chi connectivity index (χ0v) is 13.6. The van der Waals surface area contributed by atoms with Gasteiger partial charge >= 0.3 is 0 Å². The molecule has 2 fully saturated rings. The van der Waals surface area contributed by atoms with Crippen molar-refractivity contribution in [1.29, 1.82) is 0 Å². The topological polar surface area (TPSA) is 84.7 Å². The van der Waals surface area contributed by atoms with Gasteiger partial charge in [0, 0.05) is 19.1 Å². The van der Waals surface area contributed by atoms with E-state index in [2.05, 4.69) is 4.72 Å². The third kappa shape index (κ3) is 4.54. The average molecular weight is 328 g/mol. The maximum absolute atomic E-state index is 12.4. The Balaban J connectivity index is 0.00000200. The van der Waals surface area contributed by atoms with Crippen molar-refractivity contribution >= 4 is 22.6 Å². The minimum absolute atomic E-state index is 0. The van der Waals surface area contributed by atoms with Crippen LogP contribution in [0.3, 0.4) is 0 Å². The highest BCUT2D eigenvalue weighted by Gasteiger charge is 2.33. The molecule has 3 unspecified atom stereocenters. The average Bonchev–Trinajstić information content (AvgIpc) is 2.39. The summed E-state index contributed by atoms with van der Waals surface area (Å²) < 4.78 is 34.5. The molecule has 0 aromatic carbocycles. The van der Waals surface area contributed by atoms with E-state index < -0.39 is 10.2 Å². The van der Waals surface area contributed by atoms with Crippen LogP contribution in [0.15, 0.2) is 0 Å². The molecular weight excluding hydrogens is 302 g/mol. The van der Waals surface area contributed by atoms with Crippen LogP contribution in [-0.2, 0) is 14.9 Å². The maximum Gasteiger partial charge on any atom is 0.279 e. The van der Waals surface area contributed by atoms with Crippen LogP contribution < -0.4 is 10.5 Å². The largest absolute Gasteiger partial charge is 0.376 e. The highest BCUT2D eigenvalue weighted by atomic mass is 35.5. The molecule has 1 aliphatic heterocycles. The van der Waals surface area contributed by atoms with E-state index in [0.717, 1.165) is 25.7 Å². The van der Waals surface area contributed by atoms with Gasteiger partial charge in [-0.1, -0.05) is 12.8 Å². The minimum Gasteiger partial charge on any atom is -0.376 e. The molecule has 0 radical (unpaired) electrons. The summed E-state index contributed by atoms with van der Waals surface area (Å²) in [6, 6.07) is -0.0121. The number of rotatable bonds is 4. The Morgan fingerprint density at radius 1 is 1.35 bits per heavy atom. The zero-order chi connectivity index (χ0) is 13.9. The molecule has 20 heavy (non-hydrogen) atoms. The van der Waals surface area contributed by atoms with E-state index in [1.165, 1.54) is 4.31 Å². The normalized spacial score (nSPS) is 32.6. The molecule has 0 spiro atoms. The quantitative estimate of drug-likeness (QED) is 0.786. The Hall–Kier alpha value is 0.0800. The summed E-state index contributed by atoms with van der Waals surface area (Å²) in [6.45, 7) is 3.76. The van der Waals surface area contributed by atoms with Gasteiger partial charge in [-0.3, -0.25) is 0 Å². The fourth-order valence-electron chi connectivity index (χ4n) is 2.92. The molecule has 3 N–H and O–H groups in total. The Morgan fingerprint density at radius 2 is 2.05 bits per heavy atom. The number of ether oxygens (including phenoxy) is 1. The van der Waals surface area contributed by atoms with E-state index in [0.29, 0.717) is 26.2 Å². The van der Waals surface area contributed by atoms with Gasteiger partial charge in [-0.2, -0.15) is 17.4 Å². The lowest BCUT2D eigenvalue weighted by Crippen LogP contribution is -2.54. The van der Waals surface area contributed by atoms with Crippen molar-refractivity contribution in [1.82, 2.24) is 9.03 Å². The Morgan fingerprint density at radius 3 is 2.70 bits per heavy atom. The van der Waals surface area contributed by atoms with E-state index in [1.807, 2.05) is 6.92 Å². The molecule has 2 rings (SSSR count). The lowest BCUT2D eigenvalue weighted by atomic mass is 9.85. The summed E-state index contributed by atoms with van der Waals surface area (Å²) in [4.78, 5) is 0. The van der Waals surface area contributed by atoms with Gasteiger partial charge in [-0.25, -0.2) is 0 Å². The van der Waals surface area contributed by atoms with Gasteiger partial charge in [0.15, 0.2) is 0 Å². The molecule has 3 atom stereocenters. The van der Waals surface area contributed by atoms with Gasteiger partial charge in [-0.05, 0) is 32.2 Å². The summed E-state index contributed by atoms with van der Waals surface area (Å²) in [6.07, 6.45) is 4.09. The maximum atomic E-state index is 12.4. The third-order valence-electron chi connectivity index (χ3n) is 4.06. The first kappa shape index (κ1) is 18.1. The highest BCUT2D eigenvalue weighted by Crippen LogP contribution is 2.24. The van der Waals surface area contributed by atoms with Crippen molar-refractivity contribution in [2.45, 2.75) is 44.8 Å².